The van der Waals surface area contributed by atoms with Gasteiger partial charge in [-0.25, -0.2) is 4.79 Å². The predicted molar refractivity (Wildman–Crippen MR) is 60.9 cm³/mol. The predicted octanol–water partition coefficient (Wildman–Crippen LogP) is 2.26. The van der Waals surface area contributed by atoms with Crippen molar-refractivity contribution in [3.8, 4) is 0 Å². The van der Waals surface area contributed by atoms with Crippen LogP contribution in [0.1, 0.15) is 0 Å². The number of esters is 1. The van der Waals surface area contributed by atoms with Crippen LogP contribution in [0.2, 0.25) is 0 Å². The van der Waals surface area contributed by atoms with Crippen molar-refractivity contribution >= 4 is 23.4 Å². The summed E-state index contributed by atoms with van der Waals surface area (Å²) in [5.41, 5.74) is 1.93. The van der Waals surface area contributed by atoms with Crippen molar-refractivity contribution in [1.82, 2.24) is 0 Å². The third-order valence-corrected chi connectivity index (χ3v) is 3.18. The molecule has 1 aliphatic rings. The second kappa shape index (κ2) is 4.40. The summed E-state index contributed by atoms with van der Waals surface area (Å²) in [7, 11) is 1.38. The van der Waals surface area contributed by atoms with Crippen molar-refractivity contribution in [3.63, 3.8) is 0 Å². The molecule has 1 aromatic rings. The number of methoxy groups -OCH3 is 1. The van der Waals surface area contributed by atoms with Crippen molar-refractivity contribution in [2.75, 3.05) is 18.2 Å². The van der Waals surface area contributed by atoms with E-state index in [1.807, 2.05) is 18.2 Å². The van der Waals surface area contributed by atoms with Gasteiger partial charge in [0, 0.05) is 22.4 Å². The maximum absolute atomic E-state index is 11.0. The lowest BCUT2D eigenvalue weighted by atomic mass is 10.3. The van der Waals surface area contributed by atoms with E-state index in [2.05, 4.69) is 16.1 Å². The topological polar surface area (TPSA) is 38.3 Å². The summed E-state index contributed by atoms with van der Waals surface area (Å²) in [5.74, 6) is 0.448. The highest BCUT2D eigenvalue weighted by Crippen LogP contribution is 2.33. The van der Waals surface area contributed by atoms with Crippen LogP contribution in [-0.4, -0.2) is 18.8 Å². The highest BCUT2D eigenvalue weighted by molar-refractivity contribution is 7.99. The van der Waals surface area contributed by atoms with E-state index in [0.29, 0.717) is 0 Å². The van der Waals surface area contributed by atoms with Gasteiger partial charge in [0.2, 0.25) is 0 Å². The Balaban J connectivity index is 2.19. The van der Waals surface area contributed by atoms with Gasteiger partial charge in [-0.05, 0) is 12.1 Å². The largest absolute Gasteiger partial charge is 0.466 e. The summed E-state index contributed by atoms with van der Waals surface area (Å²) < 4.78 is 4.58. The number of carbonyl (C=O) groups excluding carboxylic acids is 1. The minimum absolute atomic E-state index is 0.322. The molecule has 1 aromatic carbocycles. The van der Waals surface area contributed by atoms with Gasteiger partial charge >= 0.3 is 5.97 Å². The van der Waals surface area contributed by atoms with E-state index in [0.717, 1.165) is 17.1 Å². The van der Waals surface area contributed by atoms with Gasteiger partial charge in [-0.15, -0.1) is 11.8 Å². The Kier molecular flexibility index (Phi) is 2.97. The number of hydrogen-bond acceptors (Lipinski definition) is 4. The standard InChI is InChI=1S/C11H11NO2S/c1-14-11(13)6-8-7-15-10-5-3-2-4-9(10)12-8/h2-6,12H,7H2,1H3. The molecule has 3 nitrogen and oxygen atoms in total. The van der Waals surface area contributed by atoms with E-state index in [1.165, 1.54) is 18.1 Å². The summed E-state index contributed by atoms with van der Waals surface area (Å²) >= 11 is 1.71. The quantitative estimate of drug-likeness (QED) is 0.583. The molecule has 1 N–H and O–H groups in total. The summed E-state index contributed by atoms with van der Waals surface area (Å²) in [6.07, 6.45) is 1.49. The number of para-hydroxylation sites is 1. The summed E-state index contributed by atoms with van der Waals surface area (Å²) in [4.78, 5) is 12.3. The number of hydrogen-bond donors (Lipinski definition) is 1. The van der Waals surface area contributed by atoms with Crippen molar-refractivity contribution in [2.24, 2.45) is 0 Å². The summed E-state index contributed by atoms with van der Waals surface area (Å²) in [6.45, 7) is 0. The van der Waals surface area contributed by atoms with E-state index in [-0.39, 0.29) is 5.97 Å². The molecule has 0 bridgehead atoms. The Morgan fingerprint density at radius 1 is 1.53 bits per heavy atom. The Morgan fingerprint density at radius 3 is 3.13 bits per heavy atom. The van der Waals surface area contributed by atoms with Crippen LogP contribution in [-0.2, 0) is 9.53 Å². The first-order chi connectivity index (χ1) is 7.29. The second-order valence-electron chi connectivity index (χ2n) is 3.10. The van der Waals surface area contributed by atoms with E-state index >= 15 is 0 Å². The third kappa shape index (κ3) is 2.33. The van der Waals surface area contributed by atoms with Crippen LogP contribution in [0.25, 0.3) is 0 Å². The lowest BCUT2D eigenvalue weighted by molar-refractivity contribution is -0.134. The van der Waals surface area contributed by atoms with Crippen molar-refractivity contribution in [3.05, 3.63) is 36.0 Å². The average Bonchev–Trinajstić information content (AvgIpc) is 2.29. The normalized spacial score (nSPS) is 16.7. The summed E-state index contributed by atoms with van der Waals surface area (Å²) in [5, 5.41) is 3.20. The molecule has 0 radical (unpaired) electrons. The molecule has 0 aromatic heterocycles. The average molecular weight is 221 g/mol. The molecule has 78 valence electrons. The zero-order chi connectivity index (χ0) is 10.7. The van der Waals surface area contributed by atoms with Gasteiger partial charge in [0.15, 0.2) is 0 Å². The number of carbonyl (C=O) groups is 1. The van der Waals surface area contributed by atoms with E-state index < -0.39 is 0 Å². The minimum Gasteiger partial charge on any atom is -0.466 e. The van der Waals surface area contributed by atoms with E-state index in [1.54, 1.807) is 11.8 Å². The fraction of sp³-hybridized carbons (Fsp3) is 0.182. The smallest absolute Gasteiger partial charge is 0.332 e. The molecule has 1 heterocycles. The Labute approximate surface area is 92.5 Å². The van der Waals surface area contributed by atoms with Crippen LogP contribution in [0.5, 0.6) is 0 Å². The first-order valence-electron chi connectivity index (χ1n) is 4.57. The van der Waals surface area contributed by atoms with Gasteiger partial charge in [-0.1, -0.05) is 12.1 Å². The van der Waals surface area contributed by atoms with Crippen LogP contribution in [0, 0.1) is 0 Å². The molecule has 1 aliphatic heterocycles. The zero-order valence-electron chi connectivity index (χ0n) is 8.32. The molecular weight excluding hydrogens is 210 g/mol. The number of thioether (sulfide) groups is 1. The van der Waals surface area contributed by atoms with Crippen LogP contribution in [0.3, 0.4) is 0 Å². The molecular formula is C11H11NO2S. The maximum Gasteiger partial charge on any atom is 0.332 e. The second-order valence-corrected chi connectivity index (χ2v) is 4.12. The lowest BCUT2D eigenvalue weighted by Gasteiger charge is -2.19. The van der Waals surface area contributed by atoms with Gasteiger partial charge in [0.25, 0.3) is 0 Å². The van der Waals surface area contributed by atoms with E-state index in [4.69, 9.17) is 0 Å². The SMILES string of the molecule is COC(=O)C=C1CSc2ccccc2N1. The molecule has 0 atom stereocenters. The van der Waals surface area contributed by atoms with Crippen molar-refractivity contribution in [2.45, 2.75) is 4.90 Å². The number of nitrogens with one attached hydrogen (secondary N) is 1. The van der Waals surface area contributed by atoms with Crippen LogP contribution >= 0.6 is 11.8 Å². The zero-order valence-corrected chi connectivity index (χ0v) is 9.14. The molecule has 0 saturated heterocycles. The van der Waals surface area contributed by atoms with Crippen molar-refractivity contribution < 1.29 is 9.53 Å². The van der Waals surface area contributed by atoms with Gasteiger partial charge in [0.05, 0.1) is 12.8 Å². The maximum atomic E-state index is 11.0. The first-order valence-corrected chi connectivity index (χ1v) is 5.55. The number of ether oxygens (including phenoxy) is 1. The highest BCUT2D eigenvalue weighted by atomic mass is 32.2. The Hall–Kier alpha value is -1.42. The fourth-order valence-electron chi connectivity index (χ4n) is 1.34. The highest BCUT2D eigenvalue weighted by Gasteiger charge is 2.12. The molecule has 0 spiro atoms. The third-order valence-electron chi connectivity index (χ3n) is 2.06. The minimum atomic E-state index is -0.322. The van der Waals surface area contributed by atoms with Crippen LogP contribution < -0.4 is 5.32 Å². The number of fused-ring (bicyclic) bond motifs is 1. The molecule has 4 heteroatoms. The summed E-state index contributed by atoms with van der Waals surface area (Å²) in [6, 6.07) is 8.02. The lowest BCUT2D eigenvalue weighted by Crippen LogP contribution is -2.11. The molecule has 0 unspecified atom stereocenters. The first kappa shape index (κ1) is 10.1. The van der Waals surface area contributed by atoms with Crippen molar-refractivity contribution in [1.29, 1.82) is 0 Å². The Morgan fingerprint density at radius 2 is 2.33 bits per heavy atom. The van der Waals surface area contributed by atoms with Gasteiger partial charge in [-0.2, -0.15) is 0 Å². The van der Waals surface area contributed by atoms with Crippen LogP contribution in [0.15, 0.2) is 40.9 Å². The number of anilines is 1. The fourth-order valence-corrected chi connectivity index (χ4v) is 2.26. The Bertz CT molecular complexity index is 415. The number of benzene rings is 1. The molecule has 0 saturated carbocycles. The number of rotatable bonds is 1. The van der Waals surface area contributed by atoms with Crippen LogP contribution in [0.4, 0.5) is 5.69 Å². The monoisotopic (exact) mass is 221 g/mol. The molecule has 0 amide bonds. The van der Waals surface area contributed by atoms with Gasteiger partial charge < -0.3 is 10.1 Å². The van der Waals surface area contributed by atoms with Gasteiger partial charge in [0.1, 0.15) is 0 Å². The molecule has 0 fully saturated rings. The van der Waals surface area contributed by atoms with E-state index in [9.17, 15) is 4.79 Å². The molecule has 15 heavy (non-hydrogen) atoms. The molecule has 2 rings (SSSR count). The van der Waals surface area contributed by atoms with Gasteiger partial charge in [-0.3, -0.25) is 0 Å². The molecule has 0 aliphatic carbocycles.